The van der Waals surface area contributed by atoms with Gasteiger partial charge in [-0.3, -0.25) is 4.79 Å². The highest BCUT2D eigenvalue weighted by molar-refractivity contribution is 5.91. The summed E-state index contributed by atoms with van der Waals surface area (Å²) in [6.07, 6.45) is 4.92. The Kier molecular flexibility index (Phi) is 7.48. The molecule has 0 unspecified atom stereocenters. The number of rotatable bonds is 6. The smallest absolute Gasteiger partial charge is 0.273 e. The van der Waals surface area contributed by atoms with E-state index in [1.807, 2.05) is 4.68 Å². The first-order valence-corrected chi connectivity index (χ1v) is 8.28. The van der Waals surface area contributed by atoms with Crippen molar-refractivity contribution in [3.05, 3.63) is 11.9 Å². The molecule has 2 rings (SSSR count). The molecule has 0 saturated carbocycles. The topological polar surface area (TPSA) is 71.8 Å². The average molecular weight is 344 g/mol. The van der Waals surface area contributed by atoms with Gasteiger partial charge in [0.15, 0.2) is 5.69 Å². The second-order valence-corrected chi connectivity index (χ2v) is 7.51. The molecule has 1 aromatic rings. The van der Waals surface area contributed by atoms with Gasteiger partial charge in [0.1, 0.15) is 0 Å². The van der Waals surface area contributed by atoms with Gasteiger partial charge in [0.25, 0.3) is 5.91 Å². The second kappa shape index (κ2) is 8.64. The highest BCUT2D eigenvalue weighted by Crippen LogP contribution is 2.24. The first-order chi connectivity index (χ1) is 10.4. The van der Waals surface area contributed by atoms with Gasteiger partial charge in [0.05, 0.1) is 12.2 Å². The van der Waals surface area contributed by atoms with E-state index < -0.39 is 0 Å². The van der Waals surface area contributed by atoms with Crippen LogP contribution in [-0.4, -0.2) is 40.5 Å². The monoisotopic (exact) mass is 343 g/mol. The molecule has 23 heavy (non-hydrogen) atoms. The fraction of sp³-hybridized carbons (Fsp3) is 0.812. The standard InChI is InChI=1S/C16H29N5O.ClH/c1-12(2)9-16(3,4)11-18-15(22)14-10-21(20-19-14)13-5-7-17-8-6-13;/h10,12-13,17H,5-9,11H2,1-4H3,(H,18,22);1H. The summed E-state index contributed by atoms with van der Waals surface area (Å²) in [5.41, 5.74) is 0.508. The van der Waals surface area contributed by atoms with Crippen molar-refractivity contribution in [1.29, 1.82) is 0 Å². The normalized spacial score (nSPS) is 16.2. The Morgan fingerprint density at radius 1 is 1.43 bits per heavy atom. The van der Waals surface area contributed by atoms with Crippen molar-refractivity contribution >= 4 is 18.3 Å². The number of piperidine rings is 1. The molecule has 2 heterocycles. The van der Waals surface area contributed by atoms with Gasteiger partial charge in [-0.25, -0.2) is 4.68 Å². The highest BCUT2D eigenvalue weighted by Gasteiger charge is 2.22. The van der Waals surface area contributed by atoms with Gasteiger partial charge in [-0.15, -0.1) is 17.5 Å². The van der Waals surface area contributed by atoms with Crippen LogP contribution in [0.5, 0.6) is 0 Å². The SMILES string of the molecule is CC(C)CC(C)(C)CNC(=O)c1cn(C2CCNCC2)nn1.Cl. The number of amides is 1. The third-order valence-corrected chi connectivity index (χ3v) is 4.11. The van der Waals surface area contributed by atoms with E-state index in [4.69, 9.17) is 0 Å². The third-order valence-electron chi connectivity index (χ3n) is 4.11. The fourth-order valence-corrected chi connectivity index (χ4v) is 3.22. The lowest BCUT2D eigenvalue weighted by atomic mass is 9.84. The third kappa shape index (κ3) is 6.11. The minimum atomic E-state index is -0.128. The lowest BCUT2D eigenvalue weighted by molar-refractivity contribution is 0.0926. The minimum Gasteiger partial charge on any atom is -0.350 e. The van der Waals surface area contributed by atoms with Gasteiger partial charge in [0, 0.05) is 6.54 Å². The average Bonchev–Trinajstić information content (AvgIpc) is 2.94. The molecule has 0 bridgehead atoms. The Labute approximate surface area is 145 Å². The second-order valence-electron chi connectivity index (χ2n) is 7.51. The summed E-state index contributed by atoms with van der Waals surface area (Å²) >= 11 is 0. The number of nitrogens with zero attached hydrogens (tertiary/aromatic N) is 3. The summed E-state index contributed by atoms with van der Waals surface area (Å²) < 4.78 is 1.84. The van der Waals surface area contributed by atoms with Crippen molar-refractivity contribution < 1.29 is 4.79 Å². The fourth-order valence-electron chi connectivity index (χ4n) is 3.22. The van der Waals surface area contributed by atoms with Crippen LogP contribution in [-0.2, 0) is 0 Å². The Balaban J connectivity index is 0.00000264. The molecular weight excluding hydrogens is 314 g/mol. The number of hydrogen-bond donors (Lipinski definition) is 2. The van der Waals surface area contributed by atoms with Gasteiger partial charge in [0.2, 0.25) is 0 Å². The van der Waals surface area contributed by atoms with E-state index in [-0.39, 0.29) is 23.7 Å². The van der Waals surface area contributed by atoms with Crippen molar-refractivity contribution in [2.24, 2.45) is 11.3 Å². The molecule has 132 valence electrons. The number of carbonyl (C=O) groups is 1. The van der Waals surface area contributed by atoms with Crippen LogP contribution in [0.3, 0.4) is 0 Å². The maximum absolute atomic E-state index is 12.2. The van der Waals surface area contributed by atoms with Gasteiger partial charge in [-0.1, -0.05) is 32.9 Å². The predicted molar refractivity (Wildman–Crippen MR) is 94.0 cm³/mol. The van der Waals surface area contributed by atoms with Crippen LogP contribution in [0.2, 0.25) is 0 Å². The molecule has 2 N–H and O–H groups in total. The molecule has 0 atom stereocenters. The van der Waals surface area contributed by atoms with E-state index in [0.29, 0.717) is 24.2 Å². The summed E-state index contributed by atoms with van der Waals surface area (Å²) in [7, 11) is 0. The van der Waals surface area contributed by atoms with E-state index >= 15 is 0 Å². The maximum atomic E-state index is 12.2. The van der Waals surface area contributed by atoms with Crippen molar-refractivity contribution in [2.75, 3.05) is 19.6 Å². The summed E-state index contributed by atoms with van der Waals surface area (Å²) in [4.78, 5) is 12.2. The van der Waals surface area contributed by atoms with Crippen LogP contribution in [0.4, 0.5) is 0 Å². The van der Waals surface area contributed by atoms with Crippen molar-refractivity contribution in [3.8, 4) is 0 Å². The molecule has 0 spiro atoms. The van der Waals surface area contributed by atoms with Crippen LogP contribution < -0.4 is 10.6 Å². The molecule has 1 amide bonds. The van der Waals surface area contributed by atoms with Gasteiger partial charge in [-0.05, 0) is 43.7 Å². The Hall–Kier alpha value is -1.14. The summed E-state index contributed by atoms with van der Waals surface area (Å²) in [5.74, 6) is 0.490. The van der Waals surface area contributed by atoms with Crippen molar-refractivity contribution in [3.63, 3.8) is 0 Å². The number of halogens is 1. The quantitative estimate of drug-likeness (QED) is 0.832. The molecule has 0 aliphatic carbocycles. The molecule has 7 heteroatoms. The number of carbonyl (C=O) groups excluding carboxylic acids is 1. The van der Waals surface area contributed by atoms with Crippen LogP contribution >= 0.6 is 12.4 Å². The molecule has 0 aromatic carbocycles. The van der Waals surface area contributed by atoms with E-state index in [9.17, 15) is 4.79 Å². The van der Waals surface area contributed by atoms with Crippen molar-refractivity contribution in [2.45, 2.75) is 53.0 Å². The van der Waals surface area contributed by atoms with Crippen LogP contribution in [0.15, 0.2) is 6.20 Å². The van der Waals surface area contributed by atoms with Crippen molar-refractivity contribution in [1.82, 2.24) is 25.6 Å². The van der Waals surface area contributed by atoms with E-state index in [1.165, 1.54) is 0 Å². The zero-order chi connectivity index (χ0) is 16.2. The maximum Gasteiger partial charge on any atom is 0.273 e. The molecule has 1 fully saturated rings. The van der Waals surface area contributed by atoms with Gasteiger partial charge in [-0.2, -0.15) is 0 Å². The zero-order valence-corrected chi connectivity index (χ0v) is 15.4. The minimum absolute atomic E-state index is 0. The zero-order valence-electron chi connectivity index (χ0n) is 14.6. The Bertz CT molecular complexity index is 494. The number of nitrogens with one attached hydrogen (secondary N) is 2. The van der Waals surface area contributed by atoms with Crippen LogP contribution in [0.1, 0.15) is 63.5 Å². The largest absolute Gasteiger partial charge is 0.350 e. The van der Waals surface area contributed by atoms with Crippen LogP contribution in [0.25, 0.3) is 0 Å². The summed E-state index contributed by atoms with van der Waals surface area (Å²) in [5, 5.41) is 14.5. The molecule has 0 radical (unpaired) electrons. The lowest BCUT2D eigenvalue weighted by Crippen LogP contribution is -2.35. The summed E-state index contributed by atoms with van der Waals surface area (Å²) in [6, 6.07) is 0.354. The van der Waals surface area contributed by atoms with E-state index in [2.05, 4.69) is 48.6 Å². The first kappa shape index (κ1) is 19.9. The number of hydrogen-bond acceptors (Lipinski definition) is 4. The Morgan fingerprint density at radius 2 is 2.09 bits per heavy atom. The highest BCUT2D eigenvalue weighted by atomic mass is 35.5. The summed E-state index contributed by atoms with van der Waals surface area (Å²) in [6.45, 7) is 11.4. The van der Waals surface area contributed by atoms with E-state index in [1.54, 1.807) is 6.20 Å². The molecule has 1 saturated heterocycles. The molecule has 1 aliphatic heterocycles. The van der Waals surface area contributed by atoms with E-state index in [0.717, 1.165) is 32.4 Å². The molecular formula is C16H30ClN5O. The Morgan fingerprint density at radius 3 is 2.70 bits per heavy atom. The molecule has 1 aromatic heterocycles. The van der Waals surface area contributed by atoms with Crippen LogP contribution in [0, 0.1) is 11.3 Å². The van der Waals surface area contributed by atoms with Gasteiger partial charge >= 0.3 is 0 Å². The number of aromatic nitrogens is 3. The first-order valence-electron chi connectivity index (χ1n) is 8.28. The molecule has 6 nitrogen and oxygen atoms in total. The predicted octanol–water partition coefficient (Wildman–Crippen LogP) is 2.43. The molecule has 1 aliphatic rings. The lowest BCUT2D eigenvalue weighted by Gasteiger charge is -2.26. The van der Waals surface area contributed by atoms with Gasteiger partial charge < -0.3 is 10.6 Å².